The summed E-state index contributed by atoms with van der Waals surface area (Å²) in [6, 6.07) is 17.4. The van der Waals surface area contributed by atoms with Crippen molar-refractivity contribution in [2.24, 2.45) is 0 Å². The number of nitrogens with one attached hydrogen (secondary N) is 2. The number of aromatic amines is 1. The van der Waals surface area contributed by atoms with Gasteiger partial charge in [0.2, 0.25) is 11.3 Å². The molecule has 1 amide bonds. The number of aliphatic hydroxyl groups is 1. The van der Waals surface area contributed by atoms with E-state index < -0.39 is 23.0 Å². The zero-order chi connectivity index (χ0) is 23.8. The molecule has 8 nitrogen and oxygen atoms in total. The van der Waals surface area contributed by atoms with Crippen molar-refractivity contribution in [1.82, 2.24) is 15.5 Å². The van der Waals surface area contributed by atoms with E-state index in [1.807, 2.05) is 26.0 Å². The summed E-state index contributed by atoms with van der Waals surface area (Å²) in [5, 5.41) is 22.4. The van der Waals surface area contributed by atoms with E-state index in [1.54, 1.807) is 48.5 Å². The van der Waals surface area contributed by atoms with Crippen LogP contribution in [0.5, 0.6) is 5.75 Å². The summed E-state index contributed by atoms with van der Waals surface area (Å²) in [5.41, 5.74) is 6.90. The second kappa shape index (κ2) is 6.68. The Bertz CT molecular complexity index is 1520. The number of ether oxygens (including phenoxy) is 1. The third-order valence-electron chi connectivity index (χ3n) is 6.86. The summed E-state index contributed by atoms with van der Waals surface area (Å²) < 4.78 is 6.11. The topological polar surface area (TPSA) is 130 Å². The number of amides is 1. The van der Waals surface area contributed by atoms with Gasteiger partial charge in [0.15, 0.2) is 5.69 Å². The standard InChI is InChI=1S/C26H22N4O4/c1-13(2)14-10-11-16-20(12-14)34-26(33)17-7-5-8-18(27)21(17)23(31)25(16,26)28-24(32)22-15-6-3-4-9-19(15)29-30-22/h3-13,33H,27H2,1-2H3,(H,28,32)(H,29,30). The number of hydrogen-bond acceptors (Lipinski definition) is 6. The second-order valence-corrected chi connectivity index (χ2v) is 9.08. The van der Waals surface area contributed by atoms with Gasteiger partial charge < -0.3 is 20.9 Å². The number of carbonyl (C=O) groups excluding carboxylic acids is 2. The van der Waals surface area contributed by atoms with E-state index in [1.165, 1.54) is 0 Å². The van der Waals surface area contributed by atoms with Crippen molar-refractivity contribution in [2.45, 2.75) is 31.1 Å². The molecule has 4 aromatic rings. The predicted octanol–water partition coefficient (Wildman–Crippen LogP) is 3.33. The maximum Gasteiger partial charge on any atom is 0.273 e. The molecule has 34 heavy (non-hydrogen) atoms. The molecule has 0 spiro atoms. The van der Waals surface area contributed by atoms with Crippen LogP contribution in [0.2, 0.25) is 0 Å². The molecule has 1 aliphatic heterocycles. The lowest BCUT2D eigenvalue weighted by Crippen LogP contribution is -2.60. The molecule has 1 aliphatic carbocycles. The number of aromatic nitrogens is 2. The van der Waals surface area contributed by atoms with Crippen LogP contribution < -0.4 is 15.8 Å². The van der Waals surface area contributed by atoms with Gasteiger partial charge in [0.25, 0.3) is 11.7 Å². The second-order valence-electron chi connectivity index (χ2n) is 9.08. The Morgan fingerprint density at radius 1 is 1.12 bits per heavy atom. The quantitative estimate of drug-likeness (QED) is 0.351. The maximum absolute atomic E-state index is 14.0. The van der Waals surface area contributed by atoms with Gasteiger partial charge in [-0.3, -0.25) is 14.7 Å². The molecule has 0 fully saturated rings. The first-order chi connectivity index (χ1) is 16.3. The Kier molecular flexibility index (Phi) is 4.01. The molecule has 2 heterocycles. The van der Waals surface area contributed by atoms with E-state index in [0.717, 1.165) is 5.56 Å². The van der Waals surface area contributed by atoms with E-state index in [-0.39, 0.29) is 28.4 Å². The number of fused-ring (bicyclic) bond motifs is 6. The molecule has 8 heteroatoms. The number of hydrogen-bond donors (Lipinski definition) is 4. The van der Waals surface area contributed by atoms with Crippen LogP contribution >= 0.6 is 0 Å². The molecular weight excluding hydrogens is 432 g/mol. The molecule has 0 radical (unpaired) electrons. The number of nitrogen functional groups attached to an aromatic ring is 1. The van der Waals surface area contributed by atoms with E-state index >= 15 is 0 Å². The van der Waals surface area contributed by atoms with Crippen molar-refractivity contribution in [1.29, 1.82) is 0 Å². The minimum absolute atomic E-state index is 0.108. The molecule has 3 aromatic carbocycles. The van der Waals surface area contributed by atoms with Crippen LogP contribution in [-0.4, -0.2) is 27.0 Å². The van der Waals surface area contributed by atoms with Crippen molar-refractivity contribution in [3.63, 3.8) is 0 Å². The van der Waals surface area contributed by atoms with Crippen LogP contribution in [0.1, 0.15) is 57.3 Å². The zero-order valence-corrected chi connectivity index (χ0v) is 18.5. The highest BCUT2D eigenvalue weighted by Crippen LogP contribution is 2.59. The first-order valence-corrected chi connectivity index (χ1v) is 11.0. The number of nitrogens with two attached hydrogens (primary N) is 1. The summed E-state index contributed by atoms with van der Waals surface area (Å²) in [5.74, 6) is -2.80. The normalized spacial score (nSPS) is 22.4. The minimum atomic E-state index is -2.17. The number of nitrogens with zero attached hydrogens (tertiary/aromatic N) is 1. The molecule has 0 bridgehead atoms. The molecule has 2 unspecified atom stereocenters. The van der Waals surface area contributed by atoms with E-state index in [4.69, 9.17) is 10.5 Å². The molecule has 2 aliphatic rings. The van der Waals surface area contributed by atoms with Gasteiger partial charge in [0.05, 0.1) is 11.1 Å². The van der Waals surface area contributed by atoms with Crippen LogP contribution in [-0.2, 0) is 11.3 Å². The number of rotatable bonds is 3. The van der Waals surface area contributed by atoms with Crippen molar-refractivity contribution < 1.29 is 19.4 Å². The molecule has 1 aromatic heterocycles. The van der Waals surface area contributed by atoms with Crippen LogP contribution in [0.15, 0.2) is 60.7 Å². The number of anilines is 1. The van der Waals surface area contributed by atoms with Gasteiger partial charge in [-0.2, -0.15) is 5.10 Å². The molecule has 0 saturated carbocycles. The van der Waals surface area contributed by atoms with Crippen molar-refractivity contribution in [2.75, 3.05) is 5.73 Å². The molecule has 5 N–H and O–H groups in total. The van der Waals surface area contributed by atoms with Gasteiger partial charge in [-0.15, -0.1) is 0 Å². The van der Waals surface area contributed by atoms with E-state index in [2.05, 4.69) is 15.5 Å². The van der Waals surface area contributed by atoms with Crippen LogP contribution in [0.25, 0.3) is 10.9 Å². The largest absolute Gasteiger partial charge is 0.454 e. The molecule has 170 valence electrons. The van der Waals surface area contributed by atoms with E-state index in [0.29, 0.717) is 22.2 Å². The SMILES string of the molecule is CC(C)c1ccc2c(c1)OC1(O)c3cccc(N)c3C(=O)C21NC(=O)c1n[nH]c2ccccc12. The van der Waals surface area contributed by atoms with Gasteiger partial charge in [-0.05, 0) is 29.7 Å². The van der Waals surface area contributed by atoms with Crippen molar-refractivity contribution in [3.05, 3.63) is 88.6 Å². The molecule has 0 saturated heterocycles. The summed E-state index contributed by atoms with van der Waals surface area (Å²) in [4.78, 5) is 27.6. The predicted molar refractivity (Wildman–Crippen MR) is 125 cm³/mol. The van der Waals surface area contributed by atoms with Crippen LogP contribution in [0.4, 0.5) is 5.69 Å². The fourth-order valence-electron chi connectivity index (χ4n) is 5.11. The van der Waals surface area contributed by atoms with Gasteiger partial charge >= 0.3 is 0 Å². The lowest BCUT2D eigenvalue weighted by atomic mass is 9.82. The average molecular weight is 454 g/mol. The first kappa shape index (κ1) is 20.4. The van der Waals surface area contributed by atoms with Gasteiger partial charge in [-0.25, -0.2) is 0 Å². The van der Waals surface area contributed by atoms with E-state index in [9.17, 15) is 14.7 Å². The summed E-state index contributed by atoms with van der Waals surface area (Å²) in [7, 11) is 0. The third-order valence-corrected chi connectivity index (χ3v) is 6.86. The number of ketones is 1. The summed E-state index contributed by atoms with van der Waals surface area (Å²) in [6.07, 6.45) is 0. The smallest absolute Gasteiger partial charge is 0.273 e. The highest BCUT2D eigenvalue weighted by Gasteiger charge is 2.72. The Morgan fingerprint density at radius 3 is 2.71 bits per heavy atom. The monoisotopic (exact) mass is 454 g/mol. The Hall–Kier alpha value is -4.17. The fourth-order valence-corrected chi connectivity index (χ4v) is 5.11. The number of carbonyl (C=O) groups is 2. The molecule has 6 rings (SSSR count). The Balaban J connectivity index is 1.57. The van der Waals surface area contributed by atoms with Crippen molar-refractivity contribution in [3.8, 4) is 5.75 Å². The zero-order valence-electron chi connectivity index (χ0n) is 18.5. The Morgan fingerprint density at radius 2 is 1.91 bits per heavy atom. The van der Waals surface area contributed by atoms with Crippen LogP contribution in [0, 0.1) is 0 Å². The maximum atomic E-state index is 14.0. The number of para-hydroxylation sites is 1. The van der Waals surface area contributed by atoms with Gasteiger partial charge in [-0.1, -0.05) is 56.3 Å². The lowest BCUT2D eigenvalue weighted by molar-refractivity contribution is -0.169. The number of H-pyrrole nitrogens is 1. The number of benzene rings is 3. The molecule has 2 atom stereocenters. The lowest BCUT2D eigenvalue weighted by Gasteiger charge is -2.34. The van der Waals surface area contributed by atoms with Gasteiger partial charge in [0, 0.05) is 22.2 Å². The summed E-state index contributed by atoms with van der Waals surface area (Å²) in [6.45, 7) is 4.07. The third kappa shape index (κ3) is 2.38. The van der Waals surface area contributed by atoms with Crippen LogP contribution in [0.3, 0.4) is 0 Å². The highest BCUT2D eigenvalue weighted by atomic mass is 16.6. The summed E-state index contributed by atoms with van der Waals surface area (Å²) >= 11 is 0. The first-order valence-electron chi connectivity index (χ1n) is 11.0. The average Bonchev–Trinajstić information content (AvgIpc) is 3.41. The number of Topliss-reactive ketones (excluding diaryl/α,β-unsaturated/α-hetero) is 1. The van der Waals surface area contributed by atoms with Crippen molar-refractivity contribution >= 4 is 28.3 Å². The minimum Gasteiger partial charge on any atom is -0.454 e. The Labute approximate surface area is 194 Å². The molecular formula is C26H22N4O4. The van der Waals surface area contributed by atoms with Gasteiger partial charge in [0.1, 0.15) is 5.75 Å². The fraction of sp³-hybridized carbons (Fsp3) is 0.192. The highest BCUT2D eigenvalue weighted by molar-refractivity contribution is 6.16.